The number of hydrogen-bond acceptors (Lipinski definition) is 5. The molecule has 2 fully saturated rings. The molecule has 2 heterocycles. The molecule has 25 heavy (non-hydrogen) atoms. The normalized spacial score (nSPS) is 24.8. The molecule has 0 radical (unpaired) electrons. The van der Waals surface area contributed by atoms with E-state index >= 15 is 0 Å². The predicted molar refractivity (Wildman–Crippen MR) is 98.9 cm³/mol. The molecule has 3 atom stereocenters. The average Bonchev–Trinajstić information content (AvgIpc) is 3.11. The molecule has 2 aliphatic rings. The van der Waals surface area contributed by atoms with Crippen LogP contribution in [0.15, 0.2) is 24.3 Å². The molecule has 0 saturated carbocycles. The zero-order valence-corrected chi connectivity index (χ0v) is 16.3. The van der Waals surface area contributed by atoms with Gasteiger partial charge in [-0.2, -0.15) is 0 Å². The summed E-state index contributed by atoms with van der Waals surface area (Å²) in [5, 5.41) is 9.15. The summed E-state index contributed by atoms with van der Waals surface area (Å²) < 4.78 is 18.9. The van der Waals surface area contributed by atoms with Crippen molar-refractivity contribution >= 4 is 49.1 Å². The number of urea groups is 1. The fraction of sp³-hybridized carbons (Fsp3) is 0.500. The van der Waals surface area contributed by atoms with Crippen LogP contribution in [0.4, 0.5) is 10.5 Å². The fourth-order valence-electron chi connectivity index (χ4n) is 3.18. The number of rotatable bonds is 7. The van der Waals surface area contributed by atoms with Crippen LogP contribution in [0.3, 0.4) is 0 Å². The standard InChI is InChI=1S/C16H22AsN3O4S/c21-14(18-11-7-5-10(6-8-11)17(23)24)4-2-1-3-13-15-12(9-25-13)19-16(22)20-15/h5-8,12-13,15,23-24H,1-4,9H2,(H,18,21)(H2,19,20,22)/t12?,13-,15?/m0/s1. The Kier molecular flexibility index (Phi) is 6.28. The van der Waals surface area contributed by atoms with Crippen molar-refractivity contribution in [3.8, 4) is 0 Å². The van der Waals surface area contributed by atoms with Crippen molar-refractivity contribution < 1.29 is 17.8 Å². The van der Waals surface area contributed by atoms with E-state index < -0.39 is 15.3 Å². The Bertz CT molecular complexity index is 628. The number of benzene rings is 1. The fourth-order valence-corrected chi connectivity index (χ4v) is 5.59. The first-order valence-corrected chi connectivity index (χ1v) is 12.0. The van der Waals surface area contributed by atoms with Crippen molar-refractivity contribution in [3.05, 3.63) is 24.3 Å². The maximum atomic E-state index is 12.0. The van der Waals surface area contributed by atoms with Gasteiger partial charge in [0.1, 0.15) is 0 Å². The van der Waals surface area contributed by atoms with Crippen LogP contribution in [0.2, 0.25) is 0 Å². The zero-order valence-electron chi connectivity index (χ0n) is 13.6. The summed E-state index contributed by atoms with van der Waals surface area (Å²) in [6.07, 6.45) is 3.21. The topological polar surface area (TPSA) is 111 Å². The van der Waals surface area contributed by atoms with Gasteiger partial charge >= 0.3 is 129 Å². The van der Waals surface area contributed by atoms with Crippen molar-refractivity contribution in [3.63, 3.8) is 0 Å². The second kappa shape index (κ2) is 8.45. The third-order valence-electron chi connectivity index (χ3n) is 4.46. The minimum atomic E-state index is -2.84. The Morgan fingerprint density at radius 2 is 2.00 bits per heavy atom. The van der Waals surface area contributed by atoms with E-state index in [4.69, 9.17) is 0 Å². The predicted octanol–water partition coefficient (Wildman–Crippen LogP) is 0.0307. The van der Waals surface area contributed by atoms with Gasteiger partial charge in [-0.1, -0.05) is 0 Å². The molecule has 7 nitrogen and oxygen atoms in total. The van der Waals surface area contributed by atoms with Crippen molar-refractivity contribution in [2.45, 2.75) is 43.0 Å². The molecule has 0 aromatic heterocycles. The molecule has 9 heteroatoms. The Morgan fingerprint density at radius 3 is 2.72 bits per heavy atom. The molecule has 2 unspecified atom stereocenters. The van der Waals surface area contributed by atoms with Crippen LogP contribution < -0.4 is 20.3 Å². The van der Waals surface area contributed by atoms with E-state index in [-0.39, 0.29) is 24.0 Å². The van der Waals surface area contributed by atoms with Gasteiger partial charge in [-0.05, 0) is 0 Å². The number of fused-ring (bicyclic) bond motifs is 1. The summed E-state index contributed by atoms with van der Waals surface area (Å²) in [6.45, 7) is 0. The van der Waals surface area contributed by atoms with Gasteiger partial charge in [-0.15, -0.1) is 0 Å². The number of carbonyl (C=O) groups excluding carboxylic acids is 2. The second-order valence-corrected chi connectivity index (χ2v) is 9.82. The second-order valence-electron chi connectivity index (χ2n) is 6.25. The van der Waals surface area contributed by atoms with Gasteiger partial charge < -0.3 is 10.6 Å². The van der Waals surface area contributed by atoms with Gasteiger partial charge in [-0.25, -0.2) is 4.79 Å². The van der Waals surface area contributed by atoms with Gasteiger partial charge in [0, 0.05) is 5.75 Å². The van der Waals surface area contributed by atoms with Gasteiger partial charge in [0.2, 0.25) is 0 Å². The van der Waals surface area contributed by atoms with E-state index in [1.54, 1.807) is 24.3 Å². The molecular formula is C16H22AsN3O4S. The van der Waals surface area contributed by atoms with E-state index in [1.165, 1.54) is 0 Å². The Hall–Kier alpha value is -1.21. The third kappa shape index (κ3) is 4.91. The molecule has 3 amide bonds. The molecule has 2 aliphatic heterocycles. The number of carbonyl (C=O) groups is 2. The van der Waals surface area contributed by atoms with Crippen molar-refractivity contribution in [1.29, 1.82) is 0 Å². The Morgan fingerprint density at radius 1 is 1.24 bits per heavy atom. The van der Waals surface area contributed by atoms with E-state index in [0.29, 0.717) is 21.7 Å². The van der Waals surface area contributed by atoms with Crippen LogP contribution in [-0.4, -0.2) is 58.6 Å². The van der Waals surface area contributed by atoms with Gasteiger partial charge in [0.25, 0.3) is 0 Å². The summed E-state index contributed by atoms with van der Waals surface area (Å²) >= 11 is -0.954. The minimum absolute atomic E-state index is 0.0389. The number of unbranched alkanes of at least 4 members (excludes halogenated alkanes) is 1. The third-order valence-corrected chi connectivity index (χ3v) is 7.57. The van der Waals surface area contributed by atoms with E-state index in [1.807, 2.05) is 11.8 Å². The van der Waals surface area contributed by atoms with Crippen molar-refractivity contribution in [2.75, 3.05) is 11.1 Å². The van der Waals surface area contributed by atoms with Crippen molar-refractivity contribution in [1.82, 2.24) is 10.6 Å². The monoisotopic (exact) mass is 427 g/mol. The number of amides is 3. The molecule has 5 N–H and O–H groups in total. The molecule has 1 aromatic carbocycles. The molecule has 0 bridgehead atoms. The number of thioether (sulfide) groups is 1. The van der Waals surface area contributed by atoms with Crippen LogP contribution in [0.1, 0.15) is 25.7 Å². The summed E-state index contributed by atoms with van der Waals surface area (Å²) in [5.74, 6) is 0.916. The number of anilines is 1. The average molecular weight is 427 g/mol. The van der Waals surface area contributed by atoms with E-state index in [0.717, 1.165) is 25.0 Å². The van der Waals surface area contributed by atoms with Crippen LogP contribution in [0.5, 0.6) is 0 Å². The van der Waals surface area contributed by atoms with E-state index in [9.17, 15) is 17.8 Å². The van der Waals surface area contributed by atoms with Crippen LogP contribution >= 0.6 is 11.8 Å². The first kappa shape index (κ1) is 18.6. The molecule has 0 spiro atoms. The molecule has 0 aliphatic carbocycles. The first-order valence-electron chi connectivity index (χ1n) is 8.29. The SMILES string of the molecule is O=C(CCCC[C@@H]1SCC2NC(=O)NC21)Nc1ccc([As](O)O)cc1. The van der Waals surface area contributed by atoms with Gasteiger partial charge in [0.15, 0.2) is 0 Å². The quantitative estimate of drug-likeness (QED) is 0.240. The Balaban J connectivity index is 1.35. The molecule has 2 saturated heterocycles. The summed E-state index contributed by atoms with van der Waals surface area (Å²) in [4.78, 5) is 23.3. The number of nitrogens with one attached hydrogen (secondary N) is 3. The van der Waals surface area contributed by atoms with Crippen LogP contribution in [-0.2, 0) is 4.79 Å². The molecule has 1 aromatic rings. The number of hydrogen-bond donors (Lipinski definition) is 5. The summed E-state index contributed by atoms with van der Waals surface area (Å²) in [6, 6.07) is 7.03. The molecular weight excluding hydrogens is 405 g/mol. The summed E-state index contributed by atoms with van der Waals surface area (Å²) in [5.41, 5.74) is 0.665. The molecule has 3 rings (SSSR count). The van der Waals surface area contributed by atoms with Gasteiger partial charge in [-0.3, -0.25) is 0 Å². The summed E-state index contributed by atoms with van der Waals surface area (Å²) in [7, 11) is 0. The first-order chi connectivity index (χ1) is 12.0. The Labute approximate surface area is 155 Å². The van der Waals surface area contributed by atoms with E-state index in [2.05, 4.69) is 16.0 Å². The van der Waals surface area contributed by atoms with Crippen molar-refractivity contribution in [2.24, 2.45) is 0 Å². The van der Waals surface area contributed by atoms with Gasteiger partial charge in [0.05, 0.1) is 6.04 Å². The maximum absolute atomic E-state index is 12.0. The van der Waals surface area contributed by atoms with Crippen LogP contribution in [0, 0.1) is 0 Å². The van der Waals surface area contributed by atoms with Crippen LogP contribution in [0.25, 0.3) is 0 Å². The molecule has 136 valence electrons. The zero-order chi connectivity index (χ0) is 17.8.